The van der Waals surface area contributed by atoms with Crippen molar-refractivity contribution in [1.29, 1.82) is 5.26 Å². The topological polar surface area (TPSA) is 78.8 Å². The molecule has 24 heavy (non-hydrogen) atoms. The number of ether oxygens (including phenoxy) is 1. The van der Waals surface area contributed by atoms with Gasteiger partial charge in [0.1, 0.15) is 17.4 Å². The summed E-state index contributed by atoms with van der Waals surface area (Å²) < 4.78 is 5.81. The fourth-order valence-electron chi connectivity index (χ4n) is 2.27. The summed E-state index contributed by atoms with van der Waals surface area (Å²) in [4.78, 5) is 19.1. The van der Waals surface area contributed by atoms with Crippen molar-refractivity contribution in [2.75, 3.05) is 6.26 Å². The van der Waals surface area contributed by atoms with E-state index < -0.39 is 5.56 Å². The molecule has 0 fully saturated rings. The van der Waals surface area contributed by atoms with Crippen molar-refractivity contribution in [2.45, 2.75) is 31.5 Å². The molecule has 5 nitrogen and oxygen atoms in total. The Morgan fingerprint density at radius 3 is 2.83 bits per heavy atom. The van der Waals surface area contributed by atoms with Gasteiger partial charge in [0.25, 0.3) is 5.56 Å². The standard InChI is InChI=1S/C18H19N3O2S/c1-5-6-12-9-13(7-8-15(12)23-11(2)3)16-14(10-19)17(22)21-18(20-16)24-4/h5,7-9,11H,1,6H2,2-4H3,(H,20,21,22). The van der Waals surface area contributed by atoms with E-state index in [1.807, 2.05) is 44.4 Å². The molecule has 6 heteroatoms. The molecule has 0 radical (unpaired) electrons. The van der Waals surface area contributed by atoms with Crippen molar-refractivity contribution in [1.82, 2.24) is 9.97 Å². The van der Waals surface area contributed by atoms with Crippen LogP contribution in [0.4, 0.5) is 0 Å². The Balaban J connectivity index is 2.63. The van der Waals surface area contributed by atoms with E-state index >= 15 is 0 Å². The van der Waals surface area contributed by atoms with Gasteiger partial charge < -0.3 is 9.72 Å². The van der Waals surface area contributed by atoms with E-state index in [4.69, 9.17) is 4.74 Å². The van der Waals surface area contributed by atoms with E-state index in [2.05, 4.69) is 16.5 Å². The van der Waals surface area contributed by atoms with Crippen LogP contribution in [0, 0.1) is 11.3 Å². The third-order valence-corrected chi connectivity index (χ3v) is 3.84. The second kappa shape index (κ2) is 7.84. The lowest BCUT2D eigenvalue weighted by atomic mass is 10.0. The number of allylic oxidation sites excluding steroid dienone is 1. The minimum atomic E-state index is -0.431. The second-order valence-corrected chi connectivity index (χ2v) is 6.19. The van der Waals surface area contributed by atoms with E-state index in [1.165, 1.54) is 11.8 Å². The summed E-state index contributed by atoms with van der Waals surface area (Å²) in [6.45, 7) is 7.69. The number of hydrogen-bond donors (Lipinski definition) is 1. The third-order valence-electron chi connectivity index (χ3n) is 3.26. The fraction of sp³-hybridized carbons (Fsp3) is 0.278. The van der Waals surface area contributed by atoms with Crippen LogP contribution in [0.5, 0.6) is 5.75 Å². The van der Waals surface area contributed by atoms with Crippen molar-refractivity contribution in [3.8, 4) is 23.1 Å². The minimum absolute atomic E-state index is 0.00915. The maximum Gasteiger partial charge on any atom is 0.270 e. The van der Waals surface area contributed by atoms with Crippen molar-refractivity contribution in [3.63, 3.8) is 0 Å². The van der Waals surface area contributed by atoms with Gasteiger partial charge in [-0.05, 0) is 50.3 Å². The molecule has 2 aromatic rings. The number of rotatable bonds is 6. The van der Waals surface area contributed by atoms with Crippen molar-refractivity contribution < 1.29 is 4.74 Å². The molecule has 0 saturated carbocycles. The summed E-state index contributed by atoms with van der Waals surface area (Å²) >= 11 is 1.32. The van der Waals surface area contributed by atoms with Crippen LogP contribution >= 0.6 is 11.8 Å². The molecule has 1 aromatic heterocycles. The highest BCUT2D eigenvalue weighted by Gasteiger charge is 2.15. The minimum Gasteiger partial charge on any atom is -0.491 e. The van der Waals surface area contributed by atoms with Gasteiger partial charge in [-0.15, -0.1) is 6.58 Å². The predicted molar refractivity (Wildman–Crippen MR) is 96.5 cm³/mol. The first-order valence-electron chi connectivity index (χ1n) is 7.49. The summed E-state index contributed by atoms with van der Waals surface area (Å²) in [6.07, 6.45) is 4.28. The van der Waals surface area contributed by atoms with Crippen LogP contribution in [0.1, 0.15) is 25.0 Å². The number of benzene rings is 1. The first kappa shape index (κ1) is 17.8. The number of nitrogens with one attached hydrogen (secondary N) is 1. The Morgan fingerprint density at radius 1 is 1.50 bits per heavy atom. The van der Waals surface area contributed by atoms with Crippen molar-refractivity contribution >= 4 is 11.8 Å². The van der Waals surface area contributed by atoms with E-state index in [-0.39, 0.29) is 11.7 Å². The summed E-state index contributed by atoms with van der Waals surface area (Å²) in [5, 5.41) is 9.79. The van der Waals surface area contributed by atoms with Gasteiger partial charge in [-0.1, -0.05) is 17.8 Å². The van der Waals surface area contributed by atoms with Crippen LogP contribution in [0.25, 0.3) is 11.3 Å². The molecule has 1 heterocycles. The number of hydrogen-bond acceptors (Lipinski definition) is 5. The molecule has 0 saturated heterocycles. The number of nitrogens with zero attached hydrogens (tertiary/aromatic N) is 2. The van der Waals surface area contributed by atoms with E-state index in [0.29, 0.717) is 22.8 Å². The SMILES string of the molecule is C=CCc1cc(-c2nc(SC)[nH]c(=O)c2C#N)ccc1OC(C)C. The summed E-state index contributed by atoms with van der Waals surface area (Å²) in [7, 11) is 0. The first-order valence-corrected chi connectivity index (χ1v) is 8.71. The van der Waals surface area contributed by atoms with Crippen LogP contribution in [-0.2, 0) is 6.42 Å². The third kappa shape index (κ3) is 3.87. The zero-order chi connectivity index (χ0) is 17.7. The van der Waals surface area contributed by atoms with E-state index in [0.717, 1.165) is 11.3 Å². The van der Waals surface area contributed by atoms with Crippen molar-refractivity contribution in [2.24, 2.45) is 0 Å². The molecule has 0 bridgehead atoms. The number of aromatic amines is 1. The van der Waals surface area contributed by atoms with Gasteiger partial charge in [-0.25, -0.2) is 4.98 Å². The predicted octanol–water partition coefficient (Wildman–Crippen LogP) is 3.55. The molecule has 0 aliphatic rings. The summed E-state index contributed by atoms with van der Waals surface area (Å²) in [5.74, 6) is 0.766. The Hall–Kier alpha value is -2.52. The molecule has 0 aliphatic carbocycles. The lowest BCUT2D eigenvalue weighted by Crippen LogP contribution is -2.14. The fourth-order valence-corrected chi connectivity index (χ4v) is 2.65. The van der Waals surface area contributed by atoms with Gasteiger partial charge in [0.05, 0.1) is 11.8 Å². The Morgan fingerprint density at radius 2 is 2.25 bits per heavy atom. The van der Waals surface area contributed by atoms with Crippen LogP contribution in [0.15, 0.2) is 40.8 Å². The van der Waals surface area contributed by atoms with Crippen LogP contribution in [-0.4, -0.2) is 22.3 Å². The molecule has 0 spiro atoms. The molecule has 1 N–H and O–H groups in total. The van der Waals surface area contributed by atoms with E-state index in [9.17, 15) is 10.1 Å². The lowest BCUT2D eigenvalue weighted by Gasteiger charge is -2.15. The molecule has 0 atom stereocenters. The Kier molecular flexibility index (Phi) is 5.83. The molecule has 0 amide bonds. The quantitative estimate of drug-likeness (QED) is 0.494. The molecule has 2 rings (SSSR count). The number of aromatic nitrogens is 2. The molecule has 0 unspecified atom stereocenters. The van der Waals surface area contributed by atoms with Gasteiger partial charge >= 0.3 is 0 Å². The van der Waals surface area contributed by atoms with Gasteiger partial charge in [0.15, 0.2) is 5.16 Å². The van der Waals surface area contributed by atoms with Gasteiger partial charge in [0.2, 0.25) is 0 Å². The van der Waals surface area contributed by atoms with Gasteiger partial charge in [-0.3, -0.25) is 4.79 Å². The second-order valence-electron chi connectivity index (χ2n) is 5.39. The molecule has 124 valence electrons. The average molecular weight is 341 g/mol. The summed E-state index contributed by atoms with van der Waals surface area (Å²) in [5.41, 5.74) is 1.61. The molecular weight excluding hydrogens is 322 g/mol. The normalized spacial score (nSPS) is 10.5. The summed E-state index contributed by atoms with van der Waals surface area (Å²) in [6, 6.07) is 7.50. The van der Waals surface area contributed by atoms with E-state index in [1.54, 1.807) is 6.08 Å². The first-order chi connectivity index (χ1) is 11.5. The van der Waals surface area contributed by atoms with Crippen LogP contribution in [0.3, 0.4) is 0 Å². The van der Waals surface area contributed by atoms with Crippen LogP contribution in [0.2, 0.25) is 0 Å². The van der Waals surface area contributed by atoms with Gasteiger partial charge in [0, 0.05) is 5.56 Å². The Bertz CT molecular complexity index is 850. The number of nitriles is 1. The maximum atomic E-state index is 12.1. The zero-order valence-corrected chi connectivity index (χ0v) is 14.7. The largest absolute Gasteiger partial charge is 0.491 e. The highest BCUT2D eigenvalue weighted by Crippen LogP contribution is 2.28. The van der Waals surface area contributed by atoms with Crippen molar-refractivity contribution in [3.05, 3.63) is 52.3 Å². The van der Waals surface area contributed by atoms with Crippen LogP contribution < -0.4 is 10.3 Å². The monoisotopic (exact) mass is 341 g/mol. The molecule has 0 aliphatic heterocycles. The maximum absolute atomic E-state index is 12.1. The average Bonchev–Trinajstić information content (AvgIpc) is 2.55. The molecular formula is C18H19N3O2S. The lowest BCUT2D eigenvalue weighted by molar-refractivity contribution is 0.240. The van der Waals surface area contributed by atoms with Gasteiger partial charge in [-0.2, -0.15) is 5.26 Å². The number of thioether (sulfide) groups is 1. The highest BCUT2D eigenvalue weighted by atomic mass is 32.2. The Labute approximate surface area is 145 Å². The number of H-pyrrole nitrogens is 1. The highest BCUT2D eigenvalue weighted by molar-refractivity contribution is 7.98. The molecule has 1 aromatic carbocycles. The zero-order valence-electron chi connectivity index (χ0n) is 13.9. The smallest absolute Gasteiger partial charge is 0.270 e.